The van der Waals surface area contributed by atoms with E-state index in [-0.39, 0.29) is 28.1 Å². The maximum Gasteiger partial charge on any atom is 0.257 e. The predicted molar refractivity (Wildman–Crippen MR) is 117 cm³/mol. The van der Waals surface area contributed by atoms with Crippen LogP contribution in [0.15, 0.2) is 24.3 Å². The van der Waals surface area contributed by atoms with Crippen molar-refractivity contribution in [3.63, 3.8) is 0 Å². The van der Waals surface area contributed by atoms with Crippen LogP contribution in [-0.2, 0) is 16.0 Å². The normalized spacial score (nSPS) is 34.6. The van der Waals surface area contributed by atoms with E-state index in [9.17, 15) is 9.59 Å². The largest absolute Gasteiger partial charge is 0.362 e. The van der Waals surface area contributed by atoms with Crippen LogP contribution in [0.2, 0.25) is 0 Å². The number of carbonyl (C=O) groups is 2. The van der Waals surface area contributed by atoms with Crippen molar-refractivity contribution in [3.05, 3.63) is 29.8 Å². The van der Waals surface area contributed by atoms with Gasteiger partial charge in [0.25, 0.3) is 5.91 Å². The topological polar surface area (TPSA) is 61.4 Å². The molecule has 2 atom stereocenters. The van der Waals surface area contributed by atoms with Gasteiger partial charge >= 0.3 is 0 Å². The van der Waals surface area contributed by atoms with E-state index in [2.05, 4.69) is 43.8 Å². The molecule has 6 heteroatoms. The second-order valence-corrected chi connectivity index (χ2v) is 11.7. The van der Waals surface area contributed by atoms with Crippen molar-refractivity contribution in [2.75, 3.05) is 18.0 Å². The number of nitrogens with zero attached hydrogens (tertiary/aromatic N) is 1. The van der Waals surface area contributed by atoms with Crippen molar-refractivity contribution in [3.8, 4) is 0 Å². The highest BCUT2D eigenvalue weighted by molar-refractivity contribution is 9.10. The minimum atomic E-state index is -0.155. The quantitative estimate of drug-likeness (QED) is 0.532. The molecule has 2 unspecified atom stereocenters. The first-order valence-corrected chi connectivity index (χ1v) is 11.8. The maximum absolute atomic E-state index is 12.7. The zero-order valence-electron chi connectivity index (χ0n) is 16.9. The Kier molecular flexibility index (Phi) is 4.88. The van der Waals surface area contributed by atoms with E-state index in [0.717, 1.165) is 43.3 Å². The average molecular weight is 460 g/mol. The number of alkyl halides is 1. The highest BCUT2D eigenvalue weighted by Crippen LogP contribution is 2.65. The van der Waals surface area contributed by atoms with Gasteiger partial charge in [-0.2, -0.15) is 0 Å². The number of anilines is 1. The van der Waals surface area contributed by atoms with Crippen molar-refractivity contribution < 1.29 is 9.59 Å². The van der Waals surface area contributed by atoms with Crippen LogP contribution >= 0.6 is 15.9 Å². The lowest BCUT2D eigenvalue weighted by atomic mass is 9.48. The number of fused-ring (bicyclic) bond motifs is 1. The Morgan fingerprint density at radius 3 is 2.55 bits per heavy atom. The van der Waals surface area contributed by atoms with Gasteiger partial charge < -0.3 is 4.90 Å². The van der Waals surface area contributed by atoms with Gasteiger partial charge in [0.2, 0.25) is 5.91 Å². The van der Waals surface area contributed by atoms with Gasteiger partial charge in [0.1, 0.15) is 0 Å². The molecular formula is C23H30BrN3O2. The molecule has 2 amide bonds. The fourth-order valence-corrected chi connectivity index (χ4v) is 8.57. The molecule has 5 nitrogen and oxygen atoms in total. The zero-order chi connectivity index (χ0) is 20.1. The Morgan fingerprint density at radius 1 is 1.07 bits per heavy atom. The highest BCUT2D eigenvalue weighted by atomic mass is 79.9. The van der Waals surface area contributed by atoms with E-state index >= 15 is 0 Å². The molecule has 0 radical (unpaired) electrons. The molecule has 5 aliphatic rings. The number of hydrogen-bond acceptors (Lipinski definition) is 3. The summed E-state index contributed by atoms with van der Waals surface area (Å²) in [6, 6.07) is 8.26. The van der Waals surface area contributed by atoms with E-state index < -0.39 is 0 Å². The molecule has 1 aromatic carbocycles. The number of hydrogen-bond donors (Lipinski definition) is 2. The number of nitrogens with one attached hydrogen (secondary N) is 2. The number of rotatable bonds is 4. The van der Waals surface area contributed by atoms with Gasteiger partial charge in [0.15, 0.2) is 0 Å². The van der Waals surface area contributed by atoms with Crippen molar-refractivity contribution in [1.29, 1.82) is 0 Å². The Balaban J connectivity index is 1.14. The first-order chi connectivity index (χ1) is 13.9. The van der Waals surface area contributed by atoms with E-state index in [1.54, 1.807) is 0 Å². The zero-order valence-corrected chi connectivity index (χ0v) is 18.5. The third-order valence-electron chi connectivity index (χ3n) is 7.53. The molecule has 1 heterocycles. The fourth-order valence-electron chi connectivity index (χ4n) is 7.06. The summed E-state index contributed by atoms with van der Waals surface area (Å²) < 4.78 is 0.252. The second kappa shape index (κ2) is 7.29. The molecule has 29 heavy (non-hydrogen) atoms. The summed E-state index contributed by atoms with van der Waals surface area (Å²) in [5.41, 5.74) is 7.91. The molecule has 1 aromatic rings. The molecular weight excluding hydrogens is 430 g/mol. The summed E-state index contributed by atoms with van der Waals surface area (Å²) >= 11 is 4.01. The van der Waals surface area contributed by atoms with Crippen molar-refractivity contribution in [2.24, 2.45) is 17.3 Å². The van der Waals surface area contributed by atoms with E-state index in [4.69, 9.17) is 0 Å². The van der Waals surface area contributed by atoms with Crippen LogP contribution in [0, 0.1) is 17.3 Å². The first-order valence-electron chi connectivity index (χ1n) is 11.0. The number of carbonyl (C=O) groups excluding carboxylic acids is 2. The molecule has 2 N–H and O–H groups in total. The van der Waals surface area contributed by atoms with E-state index in [0.29, 0.717) is 6.42 Å². The number of hydrazine groups is 1. The lowest BCUT2D eigenvalue weighted by Gasteiger charge is -2.60. The van der Waals surface area contributed by atoms with Gasteiger partial charge in [-0.3, -0.25) is 20.4 Å². The third kappa shape index (κ3) is 3.92. The van der Waals surface area contributed by atoms with Crippen LogP contribution in [0.1, 0.15) is 56.9 Å². The van der Waals surface area contributed by atoms with Crippen LogP contribution in [0.5, 0.6) is 0 Å². The number of aryl methyl sites for hydroxylation is 1. The van der Waals surface area contributed by atoms with Crippen LogP contribution in [0.4, 0.5) is 5.69 Å². The SMILES string of the molecule is O=C(CN1CCCc2ccccc21)NNC(=O)CC12CC3CC(CC(Br)(C3)C1)C2. The standard InChI is InChI=1S/C23H30BrN3O2/c24-23-11-16-8-17(12-23)10-22(9-16,15-23)13-20(28)25-26-21(29)14-27-7-3-5-18-4-1-2-6-19(18)27/h1-2,4,6,16-17H,3,5,7-15H2,(H,25,28)(H,26,29). The molecule has 0 spiro atoms. The van der Waals surface area contributed by atoms with Gasteiger partial charge in [-0.1, -0.05) is 34.1 Å². The van der Waals surface area contributed by atoms with Gasteiger partial charge in [0, 0.05) is 23.0 Å². The molecule has 156 valence electrons. The molecule has 0 saturated heterocycles. The molecule has 0 aromatic heterocycles. The van der Waals surface area contributed by atoms with E-state index in [1.807, 2.05) is 12.1 Å². The molecule has 4 fully saturated rings. The van der Waals surface area contributed by atoms with Crippen molar-refractivity contribution in [1.82, 2.24) is 10.9 Å². The lowest BCUT2D eigenvalue weighted by Crippen LogP contribution is -2.55. The lowest BCUT2D eigenvalue weighted by molar-refractivity contribution is -0.133. The minimum absolute atomic E-state index is 0.0459. The Bertz CT molecular complexity index is 812. The first kappa shape index (κ1) is 19.4. The number of halogens is 1. The predicted octanol–water partition coefficient (Wildman–Crippen LogP) is 3.71. The smallest absolute Gasteiger partial charge is 0.257 e. The van der Waals surface area contributed by atoms with Crippen LogP contribution in [0.3, 0.4) is 0 Å². The summed E-state index contributed by atoms with van der Waals surface area (Å²) in [6.45, 7) is 1.15. The second-order valence-electron chi connectivity index (χ2n) is 10.0. The number of amides is 2. The Hall–Kier alpha value is -1.56. The molecule has 6 rings (SSSR count). The molecule has 4 saturated carbocycles. The summed E-state index contributed by atoms with van der Waals surface area (Å²) in [7, 11) is 0. The average Bonchev–Trinajstić information content (AvgIpc) is 2.64. The monoisotopic (exact) mass is 459 g/mol. The fraction of sp³-hybridized carbons (Fsp3) is 0.652. The summed E-state index contributed by atoms with van der Waals surface area (Å²) in [5.74, 6) is 1.32. The summed E-state index contributed by atoms with van der Waals surface area (Å²) in [4.78, 5) is 27.2. The summed E-state index contributed by atoms with van der Waals surface area (Å²) in [5, 5.41) is 0. The molecule has 4 aliphatic carbocycles. The highest BCUT2D eigenvalue weighted by Gasteiger charge is 2.57. The minimum Gasteiger partial charge on any atom is -0.362 e. The van der Waals surface area contributed by atoms with Crippen LogP contribution < -0.4 is 15.8 Å². The number of para-hydroxylation sites is 1. The Morgan fingerprint density at radius 2 is 1.79 bits per heavy atom. The van der Waals surface area contributed by atoms with Gasteiger partial charge in [-0.05, 0) is 80.2 Å². The van der Waals surface area contributed by atoms with Crippen LogP contribution in [0.25, 0.3) is 0 Å². The maximum atomic E-state index is 12.7. The Labute approximate surface area is 181 Å². The van der Waals surface area contributed by atoms with Crippen LogP contribution in [-0.4, -0.2) is 29.2 Å². The van der Waals surface area contributed by atoms with Gasteiger partial charge in [0.05, 0.1) is 6.54 Å². The van der Waals surface area contributed by atoms with Crippen molar-refractivity contribution >= 4 is 33.4 Å². The number of benzene rings is 1. The molecule has 1 aliphatic heterocycles. The van der Waals surface area contributed by atoms with Crippen molar-refractivity contribution in [2.45, 2.75) is 62.1 Å². The third-order valence-corrected chi connectivity index (χ3v) is 8.46. The van der Waals surface area contributed by atoms with E-state index in [1.165, 1.54) is 37.7 Å². The van der Waals surface area contributed by atoms with Gasteiger partial charge in [-0.25, -0.2) is 0 Å². The molecule has 4 bridgehead atoms. The van der Waals surface area contributed by atoms with Gasteiger partial charge in [-0.15, -0.1) is 0 Å². The summed E-state index contributed by atoms with van der Waals surface area (Å²) in [6.07, 6.45) is 9.94.